The van der Waals surface area contributed by atoms with Crippen molar-refractivity contribution in [2.24, 2.45) is 0 Å². The first-order valence-electron chi connectivity index (χ1n) is 12.4. The normalized spacial score (nSPS) is 11.4. The van der Waals surface area contributed by atoms with E-state index in [1.54, 1.807) is 24.3 Å². The molecule has 4 aromatic carbocycles. The lowest BCUT2D eigenvalue weighted by Gasteiger charge is -2.18. The summed E-state index contributed by atoms with van der Waals surface area (Å²) in [6, 6.07) is 31.3. The fourth-order valence-electron chi connectivity index (χ4n) is 3.66. The predicted octanol–water partition coefficient (Wildman–Crippen LogP) is 8.24. The van der Waals surface area contributed by atoms with Crippen LogP contribution < -0.4 is 15.4 Å². The molecule has 5 nitrogen and oxygen atoms in total. The Bertz CT molecular complexity index is 1350. The number of carbonyl (C=O) groups excluding carboxylic acids is 2. The van der Waals surface area contributed by atoms with Crippen LogP contribution in [-0.4, -0.2) is 18.4 Å². The monoisotopic (exact) mass is 544 g/mol. The Hall–Kier alpha value is -3.74. The highest BCUT2D eigenvalue weighted by Gasteiger charge is 2.22. The maximum absolute atomic E-state index is 13.4. The second-order valence-electron chi connectivity index (χ2n) is 8.61. The van der Waals surface area contributed by atoms with Crippen LogP contribution in [0.3, 0.4) is 0 Å². The summed E-state index contributed by atoms with van der Waals surface area (Å²) >= 11 is 7.44. The number of halogens is 1. The van der Waals surface area contributed by atoms with Crippen LogP contribution in [0.15, 0.2) is 108 Å². The lowest BCUT2D eigenvalue weighted by molar-refractivity contribution is -0.115. The van der Waals surface area contributed by atoms with E-state index in [9.17, 15) is 9.59 Å². The van der Waals surface area contributed by atoms with Crippen LogP contribution in [0, 0.1) is 0 Å². The first-order valence-corrected chi connectivity index (χ1v) is 13.7. The highest BCUT2D eigenvalue weighted by Crippen LogP contribution is 2.37. The average molecular weight is 545 g/mol. The molecule has 0 saturated heterocycles. The number of amides is 2. The molecule has 0 aromatic heterocycles. The number of ether oxygens (including phenoxy) is 1. The number of hydrogen-bond donors (Lipinski definition) is 2. The number of carbonyl (C=O) groups is 2. The molecular formula is C31H29ClN2O3S. The maximum Gasteiger partial charge on any atom is 0.255 e. The zero-order valence-electron chi connectivity index (χ0n) is 21.0. The van der Waals surface area contributed by atoms with Crippen molar-refractivity contribution < 1.29 is 14.3 Å². The number of thioether (sulfide) groups is 1. The predicted molar refractivity (Wildman–Crippen MR) is 156 cm³/mol. The molecule has 4 rings (SSSR count). The number of unbranched alkanes of at least 4 members (excludes halogenated alkanes) is 1. The maximum atomic E-state index is 13.4. The summed E-state index contributed by atoms with van der Waals surface area (Å²) in [7, 11) is 0. The van der Waals surface area contributed by atoms with Crippen molar-refractivity contribution in [3.05, 3.63) is 119 Å². The first-order chi connectivity index (χ1) is 18.5. The highest BCUT2D eigenvalue weighted by atomic mass is 35.5. The Morgan fingerprint density at radius 3 is 2.21 bits per heavy atom. The van der Waals surface area contributed by atoms with Gasteiger partial charge in [0.2, 0.25) is 5.91 Å². The number of nitrogens with one attached hydrogen (secondary N) is 2. The highest BCUT2D eigenvalue weighted by molar-refractivity contribution is 8.00. The van der Waals surface area contributed by atoms with Gasteiger partial charge in [0.1, 0.15) is 11.0 Å². The van der Waals surface area contributed by atoms with E-state index in [2.05, 4.69) is 17.6 Å². The SMILES string of the molecule is CCCCOc1ccc(NC(=O)C(Sc2ccc(NC(=O)c3cccc(Cl)c3)cc2)c2ccccc2)cc1. The lowest BCUT2D eigenvalue weighted by Crippen LogP contribution is -2.19. The minimum Gasteiger partial charge on any atom is -0.494 e. The van der Waals surface area contributed by atoms with Crippen LogP contribution >= 0.6 is 23.4 Å². The second kappa shape index (κ2) is 13.7. The molecule has 1 atom stereocenters. The van der Waals surface area contributed by atoms with Gasteiger partial charge in [-0.25, -0.2) is 0 Å². The summed E-state index contributed by atoms with van der Waals surface area (Å²) in [5.74, 6) is 0.420. The van der Waals surface area contributed by atoms with Crippen LogP contribution in [0.2, 0.25) is 5.02 Å². The molecular weight excluding hydrogens is 516 g/mol. The van der Waals surface area contributed by atoms with Crippen molar-refractivity contribution in [3.63, 3.8) is 0 Å². The van der Waals surface area contributed by atoms with Gasteiger partial charge in [-0.2, -0.15) is 0 Å². The third-order valence-electron chi connectivity index (χ3n) is 5.68. The van der Waals surface area contributed by atoms with Crippen LogP contribution in [0.5, 0.6) is 5.75 Å². The Balaban J connectivity index is 1.43. The zero-order valence-corrected chi connectivity index (χ0v) is 22.6. The second-order valence-corrected chi connectivity index (χ2v) is 10.2. The Kier molecular flexibility index (Phi) is 9.84. The van der Waals surface area contributed by atoms with E-state index in [1.165, 1.54) is 11.8 Å². The molecule has 0 aliphatic rings. The average Bonchev–Trinajstić information content (AvgIpc) is 2.94. The van der Waals surface area contributed by atoms with E-state index in [-0.39, 0.29) is 11.8 Å². The van der Waals surface area contributed by atoms with Crippen molar-refractivity contribution in [3.8, 4) is 5.75 Å². The molecule has 0 aliphatic carbocycles. The summed E-state index contributed by atoms with van der Waals surface area (Å²) in [5.41, 5.74) is 2.74. The van der Waals surface area contributed by atoms with Crippen LogP contribution in [0.1, 0.15) is 40.9 Å². The largest absolute Gasteiger partial charge is 0.494 e. The molecule has 0 radical (unpaired) electrons. The van der Waals surface area contributed by atoms with E-state index in [0.29, 0.717) is 28.6 Å². The van der Waals surface area contributed by atoms with Gasteiger partial charge in [-0.05, 0) is 78.7 Å². The number of benzene rings is 4. The molecule has 0 heterocycles. The van der Waals surface area contributed by atoms with Gasteiger partial charge in [0.05, 0.1) is 6.61 Å². The van der Waals surface area contributed by atoms with E-state index < -0.39 is 5.25 Å². The van der Waals surface area contributed by atoms with Crippen LogP contribution in [0.4, 0.5) is 11.4 Å². The van der Waals surface area contributed by atoms with Crippen molar-refractivity contribution >= 4 is 46.6 Å². The van der Waals surface area contributed by atoms with Gasteiger partial charge in [-0.3, -0.25) is 9.59 Å². The van der Waals surface area contributed by atoms with Gasteiger partial charge in [0.25, 0.3) is 5.91 Å². The minimum absolute atomic E-state index is 0.126. The summed E-state index contributed by atoms with van der Waals surface area (Å²) in [6.45, 7) is 2.80. The van der Waals surface area contributed by atoms with Crippen LogP contribution in [0.25, 0.3) is 0 Å². The molecule has 0 fully saturated rings. The van der Waals surface area contributed by atoms with Gasteiger partial charge < -0.3 is 15.4 Å². The van der Waals surface area contributed by atoms with Crippen molar-refractivity contribution in [1.29, 1.82) is 0 Å². The first kappa shape index (κ1) is 27.3. The molecule has 2 N–H and O–H groups in total. The summed E-state index contributed by atoms with van der Waals surface area (Å²) in [6.07, 6.45) is 2.08. The smallest absolute Gasteiger partial charge is 0.255 e. The Labute approximate surface area is 232 Å². The minimum atomic E-state index is -0.469. The standard InChI is InChI=1S/C31H29ClN2O3S/c1-2-3-20-37-27-16-12-25(13-17-27)34-31(36)29(22-8-5-4-6-9-22)38-28-18-14-26(15-19-28)33-30(35)23-10-7-11-24(32)21-23/h4-19,21,29H,2-3,20H2,1H3,(H,33,35)(H,34,36). The van der Waals surface area contributed by atoms with Crippen molar-refractivity contribution in [2.75, 3.05) is 17.2 Å². The topological polar surface area (TPSA) is 67.4 Å². The van der Waals surface area contributed by atoms with Crippen molar-refractivity contribution in [1.82, 2.24) is 0 Å². The van der Waals surface area contributed by atoms with Gasteiger partial charge in [0.15, 0.2) is 0 Å². The molecule has 2 amide bonds. The van der Waals surface area contributed by atoms with E-state index in [4.69, 9.17) is 16.3 Å². The molecule has 0 bridgehead atoms. The number of hydrogen-bond acceptors (Lipinski definition) is 4. The molecule has 4 aromatic rings. The Morgan fingerprint density at radius 1 is 0.842 bits per heavy atom. The molecule has 7 heteroatoms. The summed E-state index contributed by atoms with van der Waals surface area (Å²) < 4.78 is 5.72. The third-order valence-corrected chi connectivity index (χ3v) is 7.18. The zero-order chi connectivity index (χ0) is 26.7. The molecule has 38 heavy (non-hydrogen) atoms. The van der Waals surface area contributed by atoms with Crippen molar-refractivity contribution in [2.45, 2.75) is 29.9 Å². The lowest BCUT2D eigenvalue weighted by atomic mass is 10.1. The summed E-state index contributed by atoms with van der Waals surface area (Å²) in [5, 5.41) is 5.95. The van der Waals surface area contributed by atoms with Gasteiger partial charge >= 0.3 is 0 Å². The third kappa shape index (κ3) is 7.88. The van der Waals surface area contributed by atoms with Crippen LogP contribution in [-0.2, 0) is 4.79 Å². The van der Waals surface area contributed by atoms with E-state index >= 15 is 0 Å². The molecule has 0 saturated carbocycles. The molecule has 1 unspecified atom stereocenters. The summed E-state index contributed by atoms with van der Waals surface area (Å²) in [4.78, 5) is 26.8. The quantitative estimate of drug-likeness (QED) is 0.147. The fourth-order valence-corrected chi connectivity index (χ4v) is 4.88. The van der Waals surface area contributed by atoms with E-state index in [1.807, 2.05) is 78.9 Å². The fraction of sp³-hybridized carbons (Fsp3) is 0.161. The molecule has 0 spiro atoms. The van der Waals surface area contributed by atoms with E-state index in [0.717, 1.165) is 29.1 Å². The number of rotatable bonds is 11. The number of anilines is 2. The molecule has 194 valence electrons. The van der Waals surface area contributed by atoms with Gasteiger partial charge in [0, 0.05) is 26.9 Å². The molecule has 0 aliphatic heterocycles. The van der Waals surface area contributed by atoms with Gasteiger partial charge in [-0.1, -0.05) is 61.3 Å². The van der Waals surface area contributed by atoms with Gasteiger partial charge in [-0.15, -0.1) is 11.8 Å². The Morgan fingerprint density at radius 2 is 1.53 bits per heavy atom.